The van der Waals surface area contributed by atoms with E-state index in [1.807, 2.05) is 25.1 Å². The largest absolute Gasteiger partial charge is 0.392 e. The predicted octanol–water partition coefficient (Wildman–Crippen LogP) is 1.84. The number of fused-ring (bicyclic) bond motifs is 1. The van der Waals surface area contributed by atoms with Crippen LogP contribution >= 0.6 is 11.8 Å². The maximum absolute atomic E-state index is 9.76. The van der Waals surface area contributed by atoms with Crippen molar-refractivity contribution >= 4 is 22.8 Å². The molecule has 2 heterocycles. The van der Waals surface area contributed by atoms with E-state index in [4.69, 9.17) is 9.72 Å². The number of hydrogen-bond donors (Lipinski definition) is 1. The highest BCUT2D eigenvalue weighted by molar-refractivity contribution is 7.99. The van der Waals surface area contributed by atoms with Crippen molar-refractivity contribution in [3.05, 3.63) is 24.3 Å². The van der Waals surface area contributed by atoms with Gasteiger partial charge in [-0.15, -0.1) is 0 Å². The molecule has 1 aliphatic heterocycles. The summed E-state index contributed by atoms with van der Waals surface area (Å²) in [6, 6.07) is 8.12. The highest BCUT2D eigenvalue weighted by atomic mass is 32.2. The van der Waals surface area contributed by atoms with Gasteiger partial charge in [0.05, 0.1) is 36.9 Å². The lowest BCUT2D eigenvalue weighted by molar-refractivity contribution is 0.0410. The van der Waals surface area contributed by atoms with Crippen LogP contribution in [-0.2, 0) is 11.3 Å². The third-order valence-corrected chi connectivity index (χ3v) is 4.77. The van der Waals surface area contributed by atoms with Crippen LogP contribution < -0.4 is 0 Å². The van der Waals surface area contributed by atoms with Gasteiger partial charge < -0.3 is 14.4 Å². The molecule has 2 aromatic rings. The molecule has 1 aromatic heterocycles. The molecule has 0 spiro atoms. The number of imidazole rings is 1. The molecule has 1 saturated heterocycles. The van der Waals surface area contributed by atoms with E-state index < -0.39 is 0 Å². The summed E-state index contributed by atoms with van der Waals surface area (Å²) in [5.41, 5.74) is 2.09. The van der Waals surface area contributed by atoms with Crippen LogP contribution in [0.5, 0.6) is 0 Å². The van der Waals surface area contributed by atoms with E-state index in [9.17, 15) is 5.11 Å². The number of aliphatic hydroxyl groups excluding tert-OH is 1. The Hall–Kier alpha value is -1.08. The van der Waals surface area contributed by atoms with Crippen molar-refractivity contribution in [3.63, 3.8) is 0 Å². The molecule has 1 N–H and O–H groups in total. The number of aromatic nitrogens is 2. The second-order valence-corrected chi connectivity index (χ2v) is 6.71. The van der Waals surface area contributed by atoms with Gasteiger partial charge in [-0.25, -0.2) is 4.98 Å². The minimum absolute atomic E-state index is 0.379. The van der Waals surface area contributed by atoms with Gasteiger partial charge in [-0.05, 0) is 19.1 Å². The van der Waals surface area contributed by atoms with E-state index in [0.717, 1.165) is 54.8 Å². The number of hydrogen-bond acceptors (Lipinski definition) is 5. The zero-order valence-electron chi connectivity index (χ0n) is 12.9. The molecule has 120 valence electrons. The molecule has 0 saturated carbocycles. The average molecular weight is 321 g/mol. The molecule has 0 bridgehead atoms. The van der Waals surface area contributed by atoms with Gasteiger partial charge in [0, 0.05) is 25.4 Å². The van der Waals surface area contributed by atoms with Gasteiger partial charge in [0.25, 0.3) is 0 Å². The molecule has 0 unspecified atom stereocenters. The lowest BCUT2D eigenvalue weighted by Crippen LogP contribution is -2.37. The number of benzene rings is 1. The van der Waals surface area contributed by atoms with Crippen LogP contribution in [0.15, 0.2) is 29.4 Å². The smallest absolute Gasteiger partial charge is 0.169 e. The van der Waals surface area contributed by atoms with Crippen molar-refractivity contribution < 1.29 is 9.84 Å². The van der Waals surface area contributed by atoms with E-state index in [1.54, 1.807) is 11.8 Å². The van der Waals surface area contributed by atoms with Crippen molar-refractivity contribution in [2.75, 3.05) is 38.6 Å². The second kappa shape index (κ2) is 7.46. The Morgan fingerprint density at radius 2 is 2.09 bits per heavy atom. The zero-order valence-corrected chi connectivity index (χ0v) is 13.8. The molecule has 3 rings (SSSR count). The van der Waals surface area contributed by atoms with Crippen molar-refractivity contribution in [3.8, 4) is 0 Å². The van der Waals surface area contributed by atoms with Gasteiger partial charge >= 0.3 is 0 Å². The van der Waals surface area contributed by atoms with Crippen LogP contribution in [0, 0.1) is 0 Å². The maximum atomic E-state index is 9.76. The number of nitrogens with zero attached hydrogens (tertiary/aromatic N) is 3. The first-order chi connectivity index (χ1) is 10.7. The van der Waals surface area contributed by atoms with Crippen LogP contribution in [0.2, 0.25) is 0 Å². The second-order valence-electron chi connectivity index (χ2n) is 5.65. The molecule has 0 aliphatic carbocycles. The summed E-state index contributed by atoms with van der Waals surface area (Å²) in [6.45, 7) is 7.16. The third kappa shape index (κ3) is 3.81. The van der Waals surface area contributed by atoms with Crippen LogP contribution in [0.1, 0.15) is 6.92 Å². The molecular weight excluding hydrogens is 298 g/mol. The number of thioether (sulfide) groups is 1. The zero-order chi connectivity index (χ0) is 15.4. The summed E-state index contributed by atoms with van der Waals surface area (Å²) in [6.07, 6.45) is -0.379. The number of ether oxygens (including phenoxy) is 1. The van der Waals surface area contributed by atoms with Gasteiger partial charge in [-0.1, -0.05) is 23.9 Å². The first kappa shape index (κ1) is 15.8. The Morgan fingerprint density at radius 3 is 2.86 bits per heavy atom. The van der Waals surface area contributed by atoms with E-state index >= 15 is 0 Å². The number of aliphatic hydroxyl groups is 1. The van der Waals surface area contributed by atoms with Gasteiger partial charge in [0.2, 0.25) is 0 Å². The predicted molar refractivity (Wildman–Crippen MR) is 89.4 cm³/mol. The standard InChI is InChI=1S/C16H23N3O2S/c1-13(20)12-19-15-5-3-2-4-14(15)17-16(19)22-11-8-18-6-9-21-10-7-18/h2-5,13,20H,6-12H2,1H3/t13-/m0/s1. The highest BCUT2D eigenvalue weighted by Crippen LogP contribution is 2.24. The van der Waals surface area contributed by atoms with Crippen molar-refractivity contribution in [1.82, 2.24) is 14.5 Å². The van der Waals surface area contributed by atoms with E-state index in [1.165, 1.54) is 0 Å². The first-order valence-electron chi connectivity index (χ1n) is 7.80. The fourth-order valence-corrected chi connectivity index (χ4v) is 3.72. The third-order valence-electron chi connectivity index (χ3n) is 3.81. The molecule has 6 heteroatoms. The van der Waals surface area contributed by atoms with Gasteiger partial charge in [0.15, 0.2) is 5.16 Å². The SMILES string of the molecule is C[C@H](O)Cn1c(SCCN2CCOCC2)nc2ccccc21. The average Bonchev–Trinajstić information content (AvgIpc) is 2.86. The van der Waals surface area contributed by atoms with Gasteiger partial charge in [0.1, 0.15) is 0 Å². The summed E-state index contributed by atoms with van der Waals surface area (Å²) in [5, 5.41) is 10.8. The Labute approximate surface area is 135 Å². The summed E-state index contributed by atoms with van der Waals surface area (Å²) >= 11 is 1.77. The van der Waals surface area contributed by atoms with Gasteiger partial charge in [-0.3, -0.25) is 4.90 Å². The molecule has 5 nitrogen and oxygen atoms in total. The van der Waals surface area contributed by atoms with Crippen LogP contribution in [0.25, 0.3) is 11.0 Å². The minimum atomic E-state index is -0.379. The topological polar surface area (TPSA) is 50.5 Å². The first-order valence-corrected chi connectivity index (χ1v) is 8.79. The molecule has 22 heavy (non-hydrogen) atoms. The van der Waals surface area contributed by atoms with Crippen LogP contribution in [0.4, 0.5) is 0 Å². The van der Waals surface area contributed by atoms with Crippen molar-refractivity contribution in [1.29, 1.82) is 0 Å². The number of para-hydroxylation sites is 2. The Kier molecular flexibility index (Phi) is 5.36. The van der Waals surface area contributed by atoms with Gasteiger partial charge in [-0.2, -0.15) is 0 Å². The molecular formula is C16H23N3O2S. The quantitative estimate of drug-likeness (QED) is 0.823. The lowest BCUT2D eigenvalue weighted by Gasteiger charge is -2.26. The number of rotatable bonds is 6. The maximum Gasteiger partial charge on any atom is 0.169 e. The monoisotopic (exact) mass is 321 g/mol. The molecule has 1 aromatic carbocycles. The Balaban J connectivity index is 1.68. The lowest BCUT2D eigenvalue weighted by atomic mass is 10.3. The molecule has 1 atom stereocenters. The molecule has 1 aliphatic rings. The minimum Gasteiger partial charge on any atom is -0.392 e. The highest BCUT2D eigenvalue weighted by Gasteiger charge is 2.14. The van der Waals surface area contributed by atoms with E-state index in [-0.39, 0.29) is 6.10 Å². The summed E-state index contributed by atoms with van der Waals surface area (Å²) in [7, 11) is 0. The van der Waals surface area contributed by atoms with Crippen LogP contribution in [0.3, 0.4) is 0 Å². The van der Waals surface area contributed by atoms with E-state index in [0.29, 0.717) is 6.54 Å². The molecule has 1 fully saturated rings. The van der Waals surface area contributed by atoms with Crippen molar-refractivity contribution in [2.45, 2.75) is 24.7 Å². The Bertz CT molecular complexity index is 608. The summed E-state index contributed by atoms with van der Waals surface area (Å²) in [4.78, 5) is 7.15. The van der Waals surface area contributed by atoms with Crippen molar-refractivity contribution in [2.24, 2.45) is 0 Å². The van der Waals surface area contributed by atoms with E-state index in [2.05, 4.69) is 15.5 Å². The normalized spacial score (nSPS) is 17.9. The summed E-state index contributed by atoms with van der Waals surface area (Å²) < 4.78 is 7.50. The fraction of sp³-hybridized carbons (Fsp3) is 0.562. The van der Waals surface area contributed by atoms with Crippen LogP contribution in [-0.4, -0.2) is 64.3 Å². The number of morpholine rings is 1. The Morgan fingerprint density at radius 1 is 1.32 bits per heavy atom. The molecule has 0 amide bonds. The molecule has 0 radical (unpaired) electrons. The summed E-state index contributed by atoms with van der Waals surface area (Å²) in [5.74, 6) is 1.00. The fourth-order valence-electron chi connectivity index (χ4n) is 2.70.